The summed E-state index contributed by atoms with van der Waals surface area (Å²) in [7, 11) is 0. The van der Waals surface area contributed by atoms with Crippen molar-refractivity contribution in [2.24, 2.45) is 0 Å². The summed E-state index contributed by atoms with van der Waals surface area (Å²) in [6.07, 6.45) is 0. The Morgan fingerprint density at radius 3 is 2.56 bits per heavy atom. The Bertz CT molecular complexity index is 507. The Kier molecular flexibility index (Phi) is 3.02. The molecule has 84 valence electrons. The molecular formula is C12H10ClFOS. The second kappa shape index (κ2) is 4.17. The molecule has 0 saturated carbocycles. The molecule has 4 heteroatoms. The molecule has 1 N–H and O–H groups in total. The van der Waals surface area contributed by atoms with Crippen LogP contribution < -0.4 is 0 Å². The highest BCUT2D eigenvalue weighted by molar-refractivity contribution is 7.10. The summed E-state index contributed by atoms with van der Waals surface area (Å²) in [6.45, 7) is 1.54. The maximum absolute atomic E-state index is 13.6. The van der Waals surface area contributed by atoms with Gasteiger partial charge in [0, 0.05) is 5.56 Å². The predicted molar refractivity (Wildman–Crippen MR) is 64.4 cm³/mol. The fraction of sp³-hybridized carbons (Fsp3) is 0.167. The van der Waals surface area contributed by atoms with Gasteiger partial charge in [-0.05, 0) is 24.4 Å². The Labute approximate surface area is 102 Å². The monoisotopic (exact) mass is 256 g/mol. The summed E-state index contributed by atoms with van der Waals surface area (Å²) in [5, 5.41) is 12.6. The molecule has 1 heterocycles. The van der Waals surface area contributed by atoms with Gasteiger partial charge in [-0.1, -0.05) is 29.8 Å². The van der Waals surface area contributed by atoms with Gasteiger partial charge in [0.1, 0.15) is 11.4 Å². The average Bonchev–Trinajstić information content (AvgIpc) is 2.65. The molecule has 0 aliphatic heterocycles. The third-order valence-electron chi connectivity index (χ3n) is 2.46. The molecule has 1 atom stereocenters. The second-order valence-electron chi connectivity index (χ2n) is 3.65. The van der Waals surface area contributed by atoms with E-state index in [4.69, 9.17) is 11.6 Å². The van der Waals surface area contributed by atoms with Gasteiger partial charge in [-0.2, -0.15) is 0 Å². The van der Waals surface area contributed by atoms with E-state index in [0.717, 1.165) is 0 Å². The molecule has 0 aliphatic rings. The SMILES string of the molecule is CC(O)(c1ccccc1F)c1sccc1Cl. The highest BCUT2D eigenvalue weighted by Crippen LogP contribution is 2.38. The molecule has 1 unspecified atom stereocenters. The van der Waals surface area contributed by atoms with E-state index in [1.807, 2.05) is 0 Å². The molecule has 16 heavy (non-hydrogen) atoms. The Morgan fingerprint density at radius 2 is 2.00 bits per heavy atom. The summed E-state index contributed by atoms with van der Waals surface area (Å²) in [6, 6.07) is 7.85. The molecule has 1 aromatic heterocycles. The number of aliphatic hydroxyl groups is 1. The summed E-state index contributed by atoms with van der Waals surface area (Å²) in [4.78, 5) is 0.555. The lowest BCUT2D eigenvalue weighted by molar-refractivity contribution is 0.102. The van der Waals surface area contributed by atoms with Crippen LogP contribution in [-0.4, -0.2) is 5.11 Å². The maximum atomic E-state index is 13.6. The molecule has 0 fully saturated rings. The summed E-state index contributed by atoms with van der Waals surface area (Å²) >= 11 is 7.27. The molecular weight excluding hydrogens is 247 g/mol. The van der Waals surface area contributed by atoms with Crippen LogP contribution in [0.15, 0.2) is 35.7 Å². The van der Waals surface area contributed by atoms with Gasteiger partial charge < -0.3 is 5.11 Å². The van der Waals surface area contributed by atoms with Crippen LogP contribution >= 0.6 is 22.9 Å². The Morgan fingerprint density at radius 1 is 1.31 bits per heavy atom. The zero-order valence-corrected chi connectivity index (χ0v) is 10.1. The van der Waals surface area contributed by atoms with E-state index in [1.54, 1.807) is 36.6 Å². The third kappa shape index (κ3) is 1.86. The van der Waals surface area contributed by atoms with Gasteiger partial charge in [0.25, 0.3) is 0 Å². The third-order valence-corrected chi connectivity index (χ3v) is 4.01. The quantitative estimate of drug-likeness (QED) is 0.867. The Balaban J connectivity index is 2.55. The number of benzene rings is 1. The highest BCUT2D eigenvalue weighted by Gasteiger charge is 2.31. The first-order valence-corrected chi connectivity index (χ1v) is 6.00. The lowest BCUT2D eigenvalue weighted by atomic mass is 9.94. The number of rotatable bonds is 2. The van der Waals surface area contributed by atoms with E-state index in [0.29, 0.717) is 9.90 Å². The van der Waals surface area contributed by atoms with E-state index in [9.17, 15) is 9.50 Å². The molecule has 0 amide bonds. The van der Waals surface area contributed by atoms with Crippen molar-refractivity contribution >= 4 is 22.9 Å². The normalized spacial score (nSPS) is 14.8. The van der Waals surface area contributed by atoms with Crippen LogP contribution in [0.25, 0.3) is 0 Å². The van der Waals surface area contributed by atoms with Crippen LogP contribution in [0, 0.1) is 5.82 Å². The molecule has 1 nitrogen and oxygen atoms in total. The van der Waals surface area contributed by atoms with Gasteiger partial charge in [-0.3, -0.25) is 0 Å². The van der Waals surface area contributed by atoms with Crippen molar-refractivity contribution in [3.8, 4) is 0 Å². The smallest absolute Gasteiger partial charge is 0.129 e. The van der Waals surface area contributed by atoms with Gasteiger partial charge >= 0.3 is 0 Å². The van der Waals surface area contributed by atoms with Gasteiger partial charge in [-0.25, -0.2) is 4.39 Å². The van der Waals surface area contributed by atoms with Crippen molar-refractivity contribution in [1.82, 2.24) is 0 Å². The molecule has 2 aromatic rings. The van der Waals surface area contributed by atoms with Crippen LogP contribution in [0.2, 0.25) is 5.02 Å². The minimum absolute atomic E-state index is 0.236. The summed E-state index contributed by atoms with van der Waals surface area (Å²) in [5.74, 6) is -0.433. The molecule has 0 saturated heterocycles. The van der Waals surface area contributed by atoms with Crippen molar-refractivity contribution in [3.63, 3.8) is 0 Å². The van der Waals surface area contributed by atoms with Crippen LogP contribution in [0.3, 0.4) is 0 Å². The number of hydrogen-bond acceptors (Lipinski definition) is 2. The van der Waals surface area contributed by atoms with Crippen LogP contribution in [0.4, 0.5) is 4.39 Å². The van der Waals surface area contributed by atoms with E-state index < -0.39 is 11.4 Å². The standard InChI is InChI=1S/C12H10ClFOS/c1-12(15,11-9(13)6-7-16-11)8-4-2-3-5-10(8)14/h2-7,15H,1H3. The predicted octanol–water partition coefficient (Wildman–Crippen LogP) is 3.80. The number of hydrogen-bond donors (Lipinski definition) is 1. The zero-order valence-electron chi connectivity index (χ0n) is 8.58. The first-order chi connectivity index (χ1) is 7.53. The minimum Gasteiger partial charge on any atom is -0.380 e. The number of halogens is 2. The number of thiophene rings is 1. The summed E-state index contributed by atoms with van der Waals surface area (Å²) in [5.41, 5.74) is -1.16. The lowest BCUT2D eigenvalue weighted by Crippen LogP contribution is -2.23. The lowest BCUT2D eigenvalue weighted by Gasteiger charge is -2.23. The maximum Gasteiger partial charge on any atom is 0.129 e. The zero-order chi connectivity index (χ0) is 11.8. The molecule has 1 aromatic carbocycles. The van der Waals surface area contributed by atoms with E-state index >= 15 is 0 Å². The van der Waals surface area contributed by atoms with Crippen molar-refractivity contribution < 1.29 is 9.50 Å². The van der Waals surface area contributed by atoms with Crippen LogP contribution in [0.5, 0.6) is 0 Å². The van der Waals surface area contributed by atoms with Gasteiger partial charge in [0.15, 0.2) is 0 Å². The topological polar surface area (TPSA) is 20.2 Å². The van der Waals surface area contributed by atoms with Crippen molar-refractivity contribution in [3.05, 3.63) is 57.0 Å². The minimum atomic E-state index is -1.39. The highest BCUT2D eigenvalue weighted by atomic mass is 35.5. The first-order valence-electron chi connectivity index (χ1n) is 4.74. The summed E-state index contributed by atoms with van der Waals surface area (Å²) < 4.78 is 13.6. The largest absolute Gasteiger partial charge is 0.380 e. The fourth-order valence-electron chi connectivity index (χ4n) is 1.62. The van der Waals surface area contributed by atoms with Gasteiger partial charge in [-0.15, -0.1) is 11.3 Å². The molecule has 0 bridgehead atoms. The van der Waals surface area contributed by atoms with Crippen LogP contribution in [-0.2, 0) is 5.60 Å². The molecule has 0 spiro atoms. The van der Waals surface area contributed by atoms with Crippen molar-refractivity contribution in [2.45, 2.75) is 12.5 Å². The second-order valence-corrected chi connectivity index (χ2v) is 4.97. The van der Waals surface area contributed by atoms with Crippen molar-refractivity contribution in [2.75, 3.05) is 0 Å². The van der Waals surface area contributed by atoms with E-state index in [1.165, 1.54) is 17.4 Å². The average molecular weight is 257 g/mol. The van der Waals surface area contributed by atoms with E-state index in [2.05, 4.69) is 0 Å². The Hall–Kier alpha value is -0.900. The van der Waals surface area contributed by atoms with Gasteiger partial charge in [0.2, 0.25) is 0 Å². The molecule has 0 radical (unpaired) electrons. The molecule has 2 rings (SSSR count). The molecule has 0 aliphatic carbocycles. The first kappa shape index (κ1) is 11.6. The fourth-order valence-corrected chi connectivity index (χ4v) is 2.93. The van der Waals surface area contributed by atoms with E-state index in [-0.39, 0.29) is 5.56 Å². The van der Waals surface area contributed by atoms with Gasteiger partial charge in [0.05, 0.1) is 9.90 Å². The van der Waals surface area contributed by atoms with Crippen LogP contribution in [0.1, 0.15) is 17.4 Å². The van der Waals surface area contributed by atoms with Crippen molar-refractivity contribution in [1.29, 1.82) is 0 Å².